The van der Waals surface area contributed by atoms with Crippen LogP contribution in [0.5, 0.6) is 0 Å². The van der Waals surface area contributed by atoms with Gasteiger partial charge in [0.2, 0.25) is 0 Å². The highest BCUT2D eigenvalue weighted by atomic mass is 16.3. The lowest BCUT2D eigenvalue weighted by Crippen LogP contribution is -2.58. The summed E-state index contributed by atoms with van der Waals surface area (Å²) < 4.78 is 0. The van der Waals surface area contributed by atoms with Crippen LogP contribution in [0.2, 0.25) is 0 Å². The fourth-order valence-corrected chi connectivity index (χ4v) is 5.89. The highest BCUT2D eigenvalue weighted by molar-refractivity contribution is 6.05. The van der Waals surface area contributed by atoms with Gasteiger partial charge in [-0.05, 0) is 29.7 Å². The Morgan fingerprint density at radius 2 is 1.33 bits per heavy atom. The molecule has 0 spiro atoms. The maximum Gasteiger partial charge on any atom is 0.122 e. The average Bonchev–Trinajstić information content (AvgIpc) is 2.85. The molecule has 0 saturated carbocycles. The molecule has 1 saturated heterocycles. The number of allylic oxidation sites excluding steroid dienone is 8. The molecule has 2 heterocycles. The lowest BCUT2D eigenvalue weighted by Gasteiger charge is -2.45. The number of aliphatic hydroxyl groups is 1. The van der Waals surface area contributed by atoms with Crippen molar-refractivity contribution in [1.82, 2.24) is 10.6 Å². The quantitative estimate of drug-likeness (QED) is 0.492. The maximum absolute atomic E-state index is 11.5. The molecule has 2 aromatic carbocycles. The zero-order valence-corrected chi connectivity index (χ0v) is 18.1. The van der Waals surface area contributed by atoms with E-state index in [9.17, 15) is 5.11 Å². The van der Waals surface area contributed by atoms with Crippen LogP contribution < -0.4 is 21.3 Å². The van der Waals surface area contributed by atoms with Crippen LogP contribution in [0.4, 0.5) is 11.4 Å². The zero-order valence-electron chi connectivity index (χ0n) is 18.1. The normalized spacial score (nSPS) is 31.3. The van der Waals surface area contributed by atoms with E-state index in [1.54, 1.807) is 0 Å². The van der Waals surface area contributed by atoms with Crippen LogP contribution in [-0.4, -0.2) is 23.5 Å². The van der Waals surface area contributed by atoms with Crippen LogP contribution in [0, 0.1) is 17.8 Å². The molecular weight excluding hydrogens is 408 g/mol. The SMILES string of the molecule is OC1C(C2Nc3cccc4cccc(c34)N2)=CC=CC1C1NC2=CC=CC3C=CC=C(N1)C23. The van der Waals surface area contributed by atoms with Gasteiger partial charge < -0.3 is 26.4 Å². The molecule has 0 radical (unpaired) electrons. The topological polar surface area (TPSA) is 68.3 Å². The second-order valence-electron chi connectivity index (χ2n) is 9.34. The van der Waals surface area contributed by atoms with Crippen LogP contribution in [0.3, 0.4) is 0 Å². The third-order valence-corrected chi connectivity index (χ3v) is 7.47. The highest BCUT2D eigenvalue weighted by Crippen LogP contribution is 2.40. The Kier molecular flexibility index (Phi) is 4.08. The van der Waals surface area contributed by atoms with E-state index in [1.807, 2.05) is 6.08 Å². The summed E-state index contributed by atoms with van der Waals surface area (Å²) in [5, 5.41) is 28.5. The van der Waals surface area contributed by atoms with Gasteiger partial charge in [0.1, 0.15) is 12.3 Å². The number of benzene rings is 2. The van der Waals surface area contributed by atoms with Crippen molar-refractivity contribution in [2.75, 3.05) is 10.6 Å². The number of hydrogen-bond acceptors (Lipinski definition) is 5. The summed E-state index contributed by atoms with van der Waals surface area (Å²) in [7, 11) is 0. The standard InChI is InChI=1S/C28H26N4O/c33-26-18(27-29-20-12-1-6-16-7-2-13-21(30-27)24(16)20)10-5-11-19(26)28-31-22-14-3-8-17-9-4-15-23(32-28)25(17)22/h1-16,18,24,26-33H. The van der Waals surface area contributed by atoms with E-state index in [0.29, 0.717) is 11.8 Å². The second kappa shape index (κ2) is 7.15. The molecule has 5 aliphatic rings. The van der Waals surface area contributed by atoms with Crippen molar-refractivity contribution in [3.05, 3.63) is 108 Å². The van der Waals surface area contributed by atoms with Crippen molar-refractivity contribution in [3.8, 4) is 0 Å². The molecule has 0 amide bonds. The fraction of sp³-hybridized carbons (Fsp3) is 0.214. The van der Waals surface area contributed by atoms with E-state index in [0.717, 1.165) is 16.9 Å². The van der Waals surface area contributed by atoms with E-state index in [-0.39, 0.29) is 18.2 Å². The van der Waals surface area contributed by atoms with Crippen LogP contribution in [0.15, 0.2) is 108 Å². The summed E-state index contributed by atoms with van der Waals surface area (Å²) in [6, 6.07) is 12.6. The predicted molar refractivity (Wildman–Crippen MR) is 133 cm³/mol. The predicted octanol–water partition coefficient (Wildman–Crippen LogP) is 4.14. The third-order valence-electron chi connectivity index (χ3n) is 7.47. The molecule has 2 aliphatic heterocycles. The van der Waals surface area contributed by atoms with Gasteiger partial charge in [-0.1, -0.05) is 66.8 Å². The Morgan fingerprint density at radius 1 is 0.697 bits per heavy atom. The molecule has 5 nitrogen and oxygen atoms in total. The van der Waals surface area contributed by atoms with Crippen LogP contribution in [0.25, 0.3) is 10.8 Å². The molecule has 164 valence electrons. The number of hydrogen-bond donors (Lipinski definition) is 5. The monoisotopic (exact) mass is 434 g/mol. The fourth-order valence-electron chi connectivity index (χ4n) is 5.89. The molecule has 2 atom stereocenters. The van der Waals surface area contributed by atoms with Crippen LogP contribution >= 0.6 is 0 Å². The van der Waals surface area contributed by atoms with Gasteiger partial charge in [0.15, 0.2) is 0 Å². The molecule has 3 aliphatic carbocycles. The Labute approximate surface area is 193 Å². The van der Waals surface area contributed by atoms with E-state index in [2.05, 4.69) is 106 Å². The van der Waals surface area contributed by atoms with Gasteiger partial charge in [-0.25, -0.2) is 0 Å². The van der Waals surface area contributed by atoms with Crippen molar-refractivity contribution in [2.45, 2.75) is 18.4 Å². The van der Waals surface area contributed by atoms with Crippen LogP contribution in [-0.2, 0) is 0 Å². The van der Waals surface area contributed by atoms with Gasteiger partial charge in [0.05, 0.1) is 6.10 Å². The van der Waals surface area contributed by atoms with Gasteiger partial charge >= 0.3 is 0 Å². The van der Waals surface area contributed by atoms with Gasteiger partial charge in [-0.15, -0.1) is 0 Å². The van der Waals surface area contributed by atoms with Gasteiger partial charge in [0, 0.05) is 51.5 Å². The first-order chi connectivity index (χ1) is 16.3. The van der Waals surface area contributed by atoms with E-state index in [1.165, 1.54) is 22.2 Å². The Morgan fingerprint density at radius 3 is 2.00 bits per heavy atom. The van der Waals surface area contributed by atoms with E-state index in [4.69, 9.17) is 0 Å². The Bertz CT molecular complexity index is 1260. The first-order valence-corrected chi connectivity index (χ1v) is 11.7. The van der Waals surface area contributed by atoms with Gasteiger partial charge in [-0.3, -0.25) is 0 Å². The molecule has 5 N–H and O–H groups in total. The van der Waals surface area contributed by atoms with Crippen molar-refractivity contribution in [2.24, 2.45) is 17.8 Å². The maximum atomic E-state index is 11.5. The number of aliphatic hydroxyl groups excluding tert-OH is 1. The molecule has 7 rings (SSSR count). The minimum absolute atomic E-state index is 0.0911. The van der Waals surface area contributed by atoms with E-state index >= 15 is 0 Å². The minimum Gasteiger partial charge on any atom is -0.388 e. The Hall–Kier alpha value is -3.70. The molecule has 33 heavy (non-hydrogen) atoms. The summed E-state index contributed by atoms with van der Waals surface area (Å²) >= 11 is 0. The molecular formula is C28H26N4O. The lowest BCUT2D eigenvalue weighted by atomic mass is 9.77. The van der Waals surface area contributed by atoms with Gasteiger partial charge in [0.25, 0.3) is 0 Å². The van der Waals surface area contributed by atoms with E-state index < -0.39 is 6.10 Å². The lowest BCUT2D eigenvalue weighted by molar-refractivity contribution is 0.123. The molecule has 0 bridgehead atoms. The third kappa shape index (κ3) is 2.89. The van der Waals surface area contributed by atoms with Crippen molar-refractivity contribution in [1.29, 1.82) is 0 Å². The summed E-state index contributed by atoms with van der Waals surface area (Å²) in [4.78, 5) is 0. The largest absolute Gasteiger partial charge is 0.388 e. The number of nitrogens with one attached hydrogen (secondary N) is 4. The van der Waals surface area contributed by atoms with Crippen molar-refractivity contribution >= 4 is 22.1 Å². The number of anilines is 2. The second-order valence-corrected chi connectivity index (χ2v) is 9.34. The summed E-state index contributed by atoms with van der Waals surface area (Å²) in [6.07, 6.45) is 18.4. The molecule has 1 fully saturated rings. The molecule has 0 aromatic heterocycles. The molecule has 2 unspecified atom stereocenters. The van der Waals surface area contributed by atoms with Crippen molar-refractivity contribution < 1.29 is 5.11 Å². The van der Waals surface area contributed by atoms with Gasteiger partial charge in [-0.2, -0.15) is 0 Å². The first kappa shape index (κ1) is 18.8. The molecule has 2 aromatic rings. The smallest absolute Gasteiger partial charge is 0.122 e. The molecule has 5 heteroatoms. The zero-order chi connectivity index (χ0) is 21.9. The minimum atomic E-state index is -0.638. The highest BCUT2D eigenvalue weighted by Gasteiger charge is 2.41. The number of rotatable bonds is 2. The average molecular weight is 435 g/mol. The summed E-state index contributed by atoms with van der Waals surface area (Å²) in [5.74, 6) is 0.584. The Balaban J connectivity index is 1.17. The summed E-state index contributed by atoms with van der Waals surface area (Å²) in [5.41, 5.74) is 5.55. The first-order valence-electron chi connectivity index (χ1n) is 11.7. The van der Waals surface area contributed by atoms with Crippen molar-refractivity contribution in [3.63, 3.8) is 0 Å². The summed E-state index contributed by atoms with van der Waals surface area (Å²) in [6.45, 7) is 0. The van der Waals surface area contributed by atoms with Crippen LogP contribution in [0.1, 0.15) is 0 Å².